The Morgan fingerprint density at radius 2 is 2.29 bits per heavy atom. The number of nitrogens with zero attached hydrogens (tertiary/aromatic N) is 1. The first-order chi connectivity index (χ1) is 3.27. The predicted molar refractivity (Wildman–Crippen MR) is 30.2 cm³/mol. The van der Waals surface area contributed by atoms with E-state index in [9.17, 15) is 0 Å². The van der Waals surface area contributed by atoms with Crippen LogP contribution in [0.2, 0.25) is 0 Å². The van der Waals surface area contributed by atoms with Crippen molar-refractivity contribution in [1.82, 2.24) is 10.5 Å². The molecular formula is C4H13N3. The first kappa shape index (κ1) is 6.88. The molecule has 0 aliphatic rings. The molecule has 0 aromatic carbocycles. The summed E-state index contributed by atoms with van der Waals surface area (Å²) < 4.78 is 0. The van der Waals surface area contributed by atoms with Crippen molar-refractivity contribution in [3.05, 3.63) is 0 Å². The number of nitrogens with one attached hydrogen (secondary N) is 1. The maximum absolute atomic E-state index is 5.20. The normalized spacial score (nSPS) is 10.3. The summed E-state index contributed by atoms with van der Waals surface area (Å²) in [4.78, 5) is 0. The average molecular weight is 103 g/mol. The van der Waals surface area contributed by atoms with Gasteiger partial charge in [0.25, 0.3) is 0 Å². The molecule has 0 rings (SSSR count). The third-order valence-electron chi connectivity index (χ3n) is 0.611. The van der Waals surface area contributed by atoms with Gasteiger partial charge in [-0.3, -0.25) is 5.84 Å². The smallest absolute Gasteiger partial charge is 0.0172 e. The molecule has 0 radical (unpaired) electrons. The largest absolute Gasteiger partial charge is 0.255 e. The van der Waals surface area contributed by atoms with Crippen LogP contribution in [0.1, 0.15) is 13.3 Å². The second-order valence-electron chi connectivity index (χ2n) is 1.52. The summed E-state index contributed by atoms with van der Waals surface area (Å²) >= 11 is 0. The second-order valence-corrected chi connectivity index (χ2v) is 1.52. The summed E-state index contributed by atoms with van der Waals surface area (Å²) in [6.45, 7) is 3.05. The molecule has 0 fully saturated rings. The minimum absolute atomic E-state index is 0.951. The molecule has 0 spiro atoms. The maximum atomic E-state index is 5.20. The third kappa shape index (κ3) is 5.88. The summed E-state index contributed by atoms with van der Waals surface area (Å²) in [6.07, 6.45) is 1.11. The Morgan fingerprint density at radius 1 is 1.71 bits per heavy atom. The van der Waals surface area contributed by atoms with Gasteiger partial charge in [0, 0.05) is 13.6 Å². The van der Waals surface area contributed by atoms with Crippen LogP contribution in [0.15, 0.2) is 0 Å². The molecule has 0 atom stereocenters. The van der Waals surface area contributed by atoms with Crippen molar-refractivity contribution < 1.29 is 0 Å². The molecular weight excluding hydrogens is 90.1 g/mol. The Kier molecular flexibility index (Phi) is 3.98. The first-order valence-corrected chi connectivity index (χ1v) is 2.49. The van der Waals surface area contributed by atoms with Crippen molar-refractivity contribution >= 4 is 0 Å². The Balaban J connectivity index is 2.68. The first-order valence-electron chi connectivity index (χ1n) is 2.49. The molecule has 0 heterocycles. The Bertz CT molecular complexity index is 35.9. The summed E-state index contributed by atoms with van der Waals surface area (Å²) in [7, 11) is 1.77. The van der Waals surface area contributed by atoms with Gasteiger partial charge in [-0.05, 0) is 6.42 Å². The van der Waals surface area contributed by atoms with Crippen LogP contribution < -0.4 is 11.3 Å². The van der Waals surface area contributed by atoms with E-state index in [1.54, 1.807) is 7.05 Å². The van der Waals surface area contributed by atoms with Crippen LogP contribution in [-0.2, 0) is 0 Å². The van der Waals surface area contributed by atoms with Crippen LogP contribution in [-0.4, -0.2) is 18.7 Å². The van der Waals surface area contributed by atoms with Crippen molar-refractivity contribution in [2.24, 2.45) is 5.84 Å². The number of rotatable bonds is 3. The fourth-order valence-corrected chi connectivity index (χ4v) is 0.288. The van der Waals surface area contributed by atoms with E-state index in [0.717, 1.165) is 13.0 Å². The van der Waals surface area contributed by atoms with Gasteiger partial charge >= 0.3 is 0 Å². The third-order valence-corrected chi connectivity index (χ3v) is 0.611. The van der Waals surface area contributed by atoms with Crippen molar-refractivity contribution in [1.29, 1.82) is 0 Å². The SMILES string of the molecule is CCCNN(C)N. The van der Waals surface area contributed by atoms with Crippen molar-refractivity contribution in [3.8, 4) is 0 Å². The van der Waals surface area contributed by atoms with Crippen molar-refractivity contribution in [3.63, 3.8) is 0 Å². The van der Waals surface area contributed by atoms with E-state index in [1.165, 1.54) is 5.12 Å². The Hall–Kier alpha value is -0.120. The van der Waals surface area contributed by atoms with Crippen molar-refractivity contribution in [2.45, 2.75) is 13.3 Å². The zero-order valence-corrected chi connectivity index (χ0v) is 4.94. The minimum atomic E-state index is 0.951. The fourth-order valence-electron chi connectivity index (χ4n) is 0.288. The molecule has 3 heteroatoms. The molecule has 0 amide bonds. The van der Waals surface area contributed by atoms with E-state index in [4.69, 9.17) is 5.84 Å². The highest BCUT2D eigenvalue weighted by Crippen LogP contribution is 1.66. The van der Waals surface area contributed by atoms with Gasteiger partial charge in [-0.1, -0.05) is 6.92 Å². The average Bonchev–Trinajstić information content (AvgIpc) is 1.61. The summed E-state index contributed by atoms with van der Waals surface area (Å²) in [5, 5.41) is 1.46. The predicted octanol–water partition coefficient (Wildman–Crippen LogP) is -0.294. The van der Waals surface area contributed by atoms with Gasteiger partial charge in [0.2, 0.25) is 0 Å². The van der Waals surface area contributed by atoms with Gasteiger partial charge in [-0.25, -0.2) is 5.43 Å². The topological polar surface area (TPSA) is 41.3 Å². The molecule has 0 unspecified atom stereocenters. The number of nitrogens with two attached hydrogens (primary N) is 1. The minimum Gasteiger partial charge on any atom is -0.255 e. The molecule has 3 nitrogen and oxygen atoms in total. The zero-order chi connectivity index (χ0) is 5.70. The molecule has 0 saturated carbocycles. The van der Waals surface area contributed by atoms with E-state index >= 15 is 0 Å². The highest BCUT2D eigenvalue weighted by molar-refractivity contribution is 4.30. The molecule has 0 saturated heterocycles. The highest BCUT2D eigenvalue weighted by Gasteiger charge is 1.80. The van der Waals surface area contributed by atoms with E-state index in [0.29, 0.717) is 0 Å². The Morgan fingerprint density at radius 3 is 2.43 bits per heavy atom. The quantitative estimate of drug-likeness (QED) is 0.381. The summed E-state index contributed by atoms with van der Waals surface area (Å²) in [6, 6.07) is 0. The summed E-state index contributed by atoms with van der Waals surface area (Å²) in [5.41, 5.74) is 2.91. The highest BCUT2D eigenvalue weighted by atomic mass is 15.6. The molecule has 3 N–H and O–H groups in total. The standard InChI is InChI=1S/C4H13N3/c1-3-4-6-7(2)5/h6H,3-5H2,1-2H3. The van der Waals surface area contributed by atoms with Gasteiger partial charge in [0.15, 0.2) is 0 Å². The lowest BCUT2D eigenvalue weighted by Crippen LogP contribution is -2.40. The van der Waals surface area contributed by atoms with Crippen LogP contribution in [0.4, 0.5) is 0 Å². The van der Waals surface area contributed by atoms with E-state index in [1.807, 2.05) is 0 Å². The fraction of sp³-hybridized carbons (Fsp3) is 1.00. The number of hydrazine groups is 2. The van der Waals surface area contributed by atoms with Crippen LogP contribution in [0.3, 0.4) is 0 Å². The van der Waals surface area contributed by atoms with Gasteiger partial charge in [0.1, 0.15) is 0 Å². The van der Waals surface area contributed by atoms with Crippen LogP contribution in [0, 0.1) is 0 Å². The summed E-state index contributed by atoms with van der Waals surface area (Å²) in [5.74, 6) is 5.20. The maximum Gasteiger partial charge on any atom is 0.0172 e. The second kappa shape index (κ2) is 4.05. The zero-order valence-electron chi connectivity index (χ0n) is 4.94. The molecule has 7 heavy (non-hydrogen) atoms. The molecule has 0 aliphatic heterocycles. The van der Waals surface area contributed by atoms with Crippen LogP contribution in [0.5, 0.6) is 0 Å². The van der Waals surface area contributed by atoms with Crippen LogP contribution in [0.25, 0.3) is 0 Å². The number of hydrogen-bond donors (Lipinski definition) is 2. The van der Waals surface area contributed by atoms with Gasteiger partial charge in [0.05, 0.1) is 0 Å². The lowest BCUT2D eigenvalue weighted by atomic mass is 10.5. The van der Waals surface area contributed by atoms with Gasteiger partial charge < -0.3 is 0 Å². The molecule has 0 aromatic heterocycles. The molecule has 0 aromatic rings. The lowest BCUT2D eigenvalue weighted by Gasteiger charge is -2.08. The van der Waals surface area contributed by atoms with Gasteiger partial charge in [-0.15, -0.1) is 0 Å². The monoisotopic (exact) mass is 103 g/mol. The molecule has 0 bridgehead atoms. The Labute approximate surface area is 44.4 Å². The lowest BCUT2D eigenvalue weighted by molar-refractivity contribution is 0.243. The number of hydrogen-bond acceptors (Lipinski definition) is 3. The van der Waals surface area contributed by atoms with E-state index in [2.05, 4.69) is 12.3 Å². The molecule has 0 aliphatic carbocycles. The van der Waals surface area contributed by atoms with Crippen LogP contribution >= 0.6 is 0 Å². The van der Waals surface area contributed by atoms with Crippen molar-refractivity contribution in [2.75, 3.05) is 13.6 Å². The molecule has 44 valence electrons. The van der Waals surface area contributed by atoms with Gasteiger partial charge in [-0.2, -0.15) is 5.12 Å². The van der Waals surface area contributed by atoms with E-state index in [-0.39, 0.29) is 0 Å². The van der Waals surface area contributed by atoms with E-state index < -0.39 is 0 Å².